The molecule has 0 spiro atoms. The van der Waals surface area contributed by atoms with Gasteiger partial charge in [0.15, 0.2) is 5.43 Å². The highest BCUT2D eigenvalue weighted by Crippen LogP contribution is 2.24. The first-order valence-electron chi connectivity index (χ1n) is 5.14. The van der Waals surface area contributed by atoms with Crippen LogP contribution in [0.25, 0.3) is 28.2 Å². The van der Waals surface area contributed by atoms with E-state index in [9.17, 15) is 14.4 Å². The summed E-state index contributed by atoms with van der Waals surface area (Å²) >= 11 is 0. The summed E-state index contributed by atoms with van der Waals surface area (Å²) < 4.78 is 4.54. The molecule has 3 rings (SSSR count). The maximum absolute atomic E-state index is 11.7. The molecular weight excluding hydrogens is 236 g/mol. The molecule has 0 amide bonds. The summed E-state index contributed by atoms with van der Waals surface area (Å²) in [4.78, 5) is 34.9. The summed E-state index contributed by atoms with van der Waals surface area (Å²) in [5.74, 6) is 0. The van der Waals surface area contributed by atoms with E-state index in [1.807, 2.05) is 0 Å². The largest absolute Gasteiger partial charge is 0.515 e. The second-order valence-corrected chi connectivity index (χ2v) is 3.87. The topological polar surface area (TPSA) is 84.6 Å². The van der Waals surface area contributed by atoms with Gasteiger partial charge in [-0.05, 0) is 11.5 Å². The molecule has 0 saturated heterocycles. The Morgan fingerprint density at radius 2 is 1.78 bits per heavy atom. The van der Waals surface area contributed by atoms with Crippen molar-refractivity contribution in [2.75, 3.05) is 0 Å². The summed E-state index contributed by atoms with van der Waals surface area (Å²) in [7, 11) is 0. The molecule has 1 heterocycles. The van der Waals surface area contributed by atoms with Crippen LogP contribution >= 0.6 is 0 Å². The van der Waals surface area contributed by atoms with Gasteiger partial charge in [-0.15, -0.1) is 0 Å². The van der Waals surface area contributed by atoms with Gasteiger partial charge in [-0.2, -0.15) is 0 Å². The van der Waals surface area contributed by atoms with E-state index >= 15 is 0 Å². The minimum atomic E-state index is -0.842. The predicted molar refractivity (Wildman–Crippen MR) is 65.1 cm³/mol. The maximum Gasteiger partial charge on any atom is 0.346 e. The van der Waals surface area contributed by atoms with E-state index in [1.54, 1.807) is 12.1 Å². The Labute approximate surface area is 98.9 Å². The van der Waals surface area contributed by atoms with Crippen LogP contribution < -0.4 is 21.9 Å². The van der Waals surface area contributed by atoms with Crippen LogP contribution in [0.5, 0.6) is 0 Å². The molecule has 1 aliphatic heterocycles. The number of aliphatic hydroxyl groups is 1. The molecule has 88 valence electrons. The van der Waals surface area contributed by atoms with E-state index in [0.717, 1.165) is 6.07 Å². The van der Waals surface area contributed by atoms with E-state index in [0.29, 0.717) is 17.2 Å². The van der Waals surface area contributed by atoms with Gasteiger partial charge in [0, 0.05) is 11.6 Å². The Morgan fingerprint density at radius 1 is 1.06 bits per heavy atom. The summed E-state index contributed by atoms with van der Waals surface area (Å²) in [6, 6.07) is 5.71. The van der Waals surface area contributed by atoms with Crippen LogP contribution in [0.2, 0.25) is 0 Å². The highest BCUT2D eigenvalue weighted by Gasteiger charge is 2.18. The van der Waals surface area contributed by atoms with Crippen LogP contribution in [-0.2, 0) is 0 Å². The lowest BCUT2D eigenvalue weighted by Crippen LogP contribution is -2.29. The van der Waals surface area contributed by atoms with E-state index in [4.69, 9.17) is 5.11 Å². The molecular formula is C13H6O5. The Hall–Kier alpha value is -2.69. The van der Waals surface area contributed by atoms with Gasteiger partial charge in [-0.1, -0.05) is 12.1 Å². The van der Waals surface area contributed by atoms with Crippen molar-refractivity contribution in [1.82, 2.24) is 0 Å². The van der Waals surface area contributed by atoms with Crippen LogP contribution in [0, 0.1) is 0 Å². The molecule has 1 N–H and O–H groups in total. The summed E-state index contributed by atoms with van der Waals surface area (Å²) in [6.45, 7) is 0. The first-order chi connectivity index (χ1) is 8.63. The monoisotopic (exact) mass is 242 g/mol. The molecule has 1 aromatic rings. The van der Waals surface area contributed by atoms with Crippen molar-refractivity contribution in [3.63, 3.8) is 0 Å². The van der Waals surface area contributed by atoms with E-state index in [1.165, 1.54) is 6.07 Å². The highest BCUT2D eigenvalue weighted by atomic mass is 16.4. The van der Waals surface area contributed by atoms with Crippen LogP contribution in [0.1, 0.15) is 0 Å². The smallest absolute Gasteiger partial charge is 0.346 e. The third-order valence-electron chi connectivity index (χ3n) is 2.92. The van der Waals surface area contributed by atoms with Crippen LogP contribution in [0.4, 0.5) is 0 Å². The Bertz CT molecular complexity index is 938. The second kappa shape index (κ2) is 3.40. The van der Waals surface area contributed by atoms with Crippen molar-refractivity contribution >= 4 is 17.0 Å². The standard InChI is InChI=1S/C13H6O5/c14-5-9-6-2-1-3-7-11(6)8(4-10(9)15)13(17)18-12(7)16/h1-5,14H. The summed E-state index contributed by atoms with van der Waals surface area (Å²) in [5.41, 5.74) is -1.69. The van der Waals surface area contributed by atoms with Crippen molar-refractivity contribution in [3.8, 4) is 11.1 Å². The van der Waals surface area contributed by atoms with E-state index in [-0.39, 0.29) is 16.2 Å². The molecule has 1 aliphatic carbocycles. The zero-order valence-electron chi connectivity index (χ0n) is 8.97. The Kier molecular flexibility index (Phi) is 1.98. The fourth-order valence-corrected chi connectivity index (χ4v) is 2.14. The van der Waals surface area contributed by atoms with Gasteiger partial charge in [0.05, 0.1) is 22.4 Å². The molecule has 0 saturated carbocycles. The maximum atomic E-state index is 11.7. The predicted octanol–water partition coefficient (Wildman–Crippen LogP) is 0.0709. The number of aliphatic hydroxyl groups excluding tert-OH is 1. The van der Waals surface area contributed by atoms with Crippen molar-refractivity contribution in [1.29, 1.82) is 0 Å². The molecule has 0 radical (unpaired) electrons. The van der Waals surface area contributed by atoms with Crippen molar-refractivity contribution in [3.05, 3.63) is 60.5 Å². The zero-order valence-corrected chi connectivity index (χ0v) is 8.97. The third-order valence-corrected chi connectivity index (χ3v) is 2.92. The second-order valence-electron chi connectivity index (χ2n) is 3.87. The van der Waals surface area contributed by atoms with Gasteiger partial charge in [-0.3, -0.25) is 4.79 Å². The third kappa shape index (κ3) is 1.18. The Morgan fingerprint density at radius 3 is 2.50 bits per heavy atom. The molecule has 5 heteroatoms. The van der Waals surface area contributed by atoms with Gasteiger partial charge in [-0.25, -0.2) is 9.59 Å². The first-order valence-corrected chi connectivity index (χ1v) is 5.14. The average Bonchev–Trinajstić information content (AvgIpc) is 2.35. The molecule has 0 atom stereocenters. The first kappa shape index (κ1) is 10.5. The minimum Gasteiger partial charge on any atom is -0.515 e. The normalized spacial score (nSPS) is 12.6. The molecule has 0 unspecified atom stereocenters. The van der Waals surface area contributed by atoms with Gasteiger partial charge in [0.25, 0.3) is 0 Å². The summed E-state index contributed by atoms with van der Waals surface area (Å²) in [5, 5.41) is 9.73. The van der Waals surface area contributed by atoms with Gasteiger partial charge in [0.2, 0.25) is 0 Å². The molecule has 0 bridgehead atoms. The lowest BCUT2D eigenvalue weighted by Gasteiger charge is -2.07. The molecule has 2 aliphatic rings. The van der Waals surface area contributed by atoms with Crippen LogP contribution in [0.15, 0.2) is 43.1 Å². The molecule has 5 nitrogen and oxygen atoms in total. The fourth-order valence-electron chi connectivity index (χ4n) is 2.14. The van der Waals surface area contributed by atoms with Crippen LogP contribution in [0.3, 0.4) is 0 Å². The molecule has 0 aromatic heterocycles. The zero-order chi connectivity index (χ0) is 12.9. The number of hydrogen-bond acceptors (Lipinski definition) is 5. The molecule has 0 fully saturated rings. The van der Waals surface area contributed by atoms with Crippen molar-refractivity contribution < 1.29 is 9.52 Å². The van der Waals surface area contributed by atoms with Crippen LogP contribution in [-0.4, -0.2) is 5.11 Å². The molecule has 1 aromatic carbocycles. The Balaban J connectivity index is 2.86. The SMILES string of the molecule is O=c1oc(=O)c2cccc3c2-c1cc(=O)c3=CO. The number of hydrogen-bond donors (Lipinski definition) is 1. The number of rotatable bonds is 0. The highest BCUT2D eigenvalue weighted by molar-refractivity contribution is 5.96. The average molecular weight is 242 g/mol. The van der Waals surface area contributed by atoms with Gasteiger partial charge >= 0.3 is 11.3 Å². The van der Waals surface area contributed by atoms with Crippen molar-refractivity contribution in [2.45, 2.75) is 0 Å². The quantitative estimate of drug-likeness (QED) is 0.603. The van der Waals surface area contributed by atoms with E-state index in [2.05, 4.69) is 4.42 Å². The lowest BCUT2D eigenvalue weighted by atomic mass is 9.95. The fraction of sp³-hybridized carbons (Fsp3) is 0. The minimum absolute atomic E-state index is 0.0517. The van der Waals surface area contributed by atoms with Gasteiger partial charge in [0.1, 0.15) is 0 Å². The molecule has 18 heavy (non-hydrogen) atoms. The van der Waals surface area contributed by atoms with Crippen molar-refractivity contribution in [2.24, 2.45) is 0 Å². The lowest BCUT2D eigenvalue weighted by molar-refractivity contribution is 0.483. The van der Waals surface area contributed by atoms with E-state index < -0.39 is 16.7 Å². The van der Waals surface area contributed by atoms with Gasteiger partial charge < -0.3 is 9.52 Å². The number of benzene rings is 2. The summed E-state index contributed by atoms with van der Waals surface area (Å²) in [6.07, 6.45) is 0.676.